The maximum atomic E-state index is 11.4. The molecule has 18 heavy (non-hydrogen) atoms. The number of hydrogen-bond donors (Lipinski definition) is 3. The number of unbranched alkanes of at least 4 members (excludes halogenated alkanes) is 1. The van der Waals surface area contributed by atoms with E-state index in [9.17, 15) is 9.59 Å². The van der Waals surface area contributed by atoms with Gasteiger partial charge < -0.3 is 16.0 Å². The Morgan fingerprint density at radius 1 is 0.833 bits per heavy atom. The second kappa shape index (κ2) is 12.4. The van der Waals surface area contributed by atoms with Crippen molar-refractivity contribution in [3.8, 4) is 0 Å². The van der Waals surface area contributed by atoms with Gasteiger partial charge in [-0.1, -0.05) is 6.92 Å². The Bertz CT molecular complexity index is 232. The highest BCUT2D eigenvalue weighted by Crippen LogP contribution is 1.99. The van der Waals surface area contributed by atoms with Crippen molar-refractivity contribution in [3.05, 3.63) is 0 Å². The lowest BCUT2D eigenvalue weighted by Gasteiger charge is -2.05. The van der Waals surface area contributed by atoms with E-state index in [1.165, 1.54) is 0 Å². The Morgan fingerprint density at radius 3 is 1.89 bits per heavy atom. The number of carbonyl (C=O) groups is 2. The minimum absolute atomic E-state index is 0.0834. The first kappa shape index (κ1) is 16.9. The van der Waals surface area contributed by atoms with Crippen LogP contribution in [0.4, 0.5) is 0 Å². The maximum Gasteiger partial charge on any atom is 0.219 e. The molecule has 0 atom stereocenters. The van der Waals surface area contributed by atoms with Gasteiger partial charge in [0.05, 0.1) is 0 Å². The van der Waals surface area contributed by atoms with Crippen LogP contribution in [0.15, 0.2) is 0 Å². The van der Waals surface area contributed by atoms with Crippen molar-refractivity contribution in [1.82, 2.24) is 16.0 Å². The Kier molecular flexibility index (Phi) is 11.6. The predicted octanol–water partition coefficient (Wildman–Crippen LogP) is 0.799. The molecule has 0 unspecified atom stereocenters. The number of amides is 2. The van der Waals surface area contributed by atoms with Gasteiger partial charge in [0.15, 0.2) is 0 Å². The van der Waals surface area contributed by atoms with E-state index in [1.807, 2.05) is 14.0 Å². The summed E-state index contributed by atoms with van der Waals surface area (Å²) in [6.07, 6.45) is 4.49. The fourth-order valence-electron chi connectivity index (χ4n) is 1.51. The van der Waals surface area contributed by atoms with Gasteiger partial charge in [0.25, 0.3) is 0 Å². The number of carbonyl (C=O) groups excluding carboxylic acids is 2. The summed E-state index contributed by atoms with van der Waals surface area (Å²) in [5.74, 6) is 0.173. The van der Waals surface area contributed by atoms with E-state index in [2.05, 4.69) is 16.0 Å². The Balaban J connectivity index is 3.31. The molecule has 0 aromatic rings. The minimum Gasteiger partial charge on any atom is -0.356 e. The molecule has 0 aliphatic carbocycles. The molecule has 0 bridgehead atoms. The molecule has 0 fully saturated rings. The summed E-state index contributed by atoms with van der Waals surface area (Å²) in [7, 11) is 1.89. The van der Waals surface area contributed by atoms with E-state index in [0.717, 1.165) is 45.3 Å². The molecule has 5 heteroatoms. The van der Waals surface area contributed by atoms with Crippen LogP contribution in [0, 0.1) is 0 Å². The van der Waals surface area contributed by atoms with E-state index in [1.54, 1.807) is 0 Å². The highest BCUT2D eigenvalue weighted by molar-refractivity contribution is 5.77. The topological polar surface area (TPSA) is 70.2 Å². The molecule has 0 aromatic carbocycles. The molecule has 0 spiro atoms. The largest absolute Gasteiger partial charge is 0.356 e. The smallest absolute Gasteiger partial charge is 0.219 e. The number of rotatable bonds is 11. The zero-order valence-electron chi connectivity index (χ0n) is 11.7. The van der Waals surface area contributed by atoms with Crippen molar-refractivity contribution in [2.75, 3.05) is 26.7 Å². The molecule has 0 saturated carbocycles. The van der Waals surface area contributed by atoms with Crippen molar-refractivity contribution in [3.63, 3.8) is 0 Å². The summed E-state index contributed by atoms with van der Waals surface area (Å²) < 4.78 is 0. The Morgan fingerprint density at radius 2 is 1.39 bits per heavy atom. The average molecular weight is 257 g/mol. The van der Waals surface area contributed by atoms with Crippen LogP contribution in [0.25, 0.3) is 0 Å². The van der Waals surface area contributed by atoms with Crippen molar-refractivity contribution in [2.45, 2.75) is 45.4 Å². The first-order valence-electron chi connectivity index (χ1n) is 6.88. The molecule has 0 aliphatic heterocycles. The first-order valence-corrected chi connectivity index (χ1v) is 6.88. The van der Waals surface area contributed by atoms with Gasteiger partial charge in [-0.15, -0.1) is 0 Å². The number of hydrogen-bond acceptors (Lipinski definition) is 3. The second-order valence-corrected chi connectivity index (χ2v) is 4.36. The van der Waals surface area contributed by atoms with Crippen LogP contribution < -0.4 is 16.0 Å². The van der Waals surface area contributed by atoms with Crippen LogP contribution in [0.5, 0.6) is 0 Å². The molecule has 5 nitrogen and oxygen atoms in total. The lowest BCUT2D eigenvalue weighted by Crippen LogP contribution is -2.26. The molecule has 0 rings (SSSR count). The van der Waals surface area contributed by atoms with E-state index >= 15 is 0 Å². The van der Waals surface area contributed by atoms with Gasteiger partial charge in [0.2, 0.25) is 11.8 Å². The van der Waals surface area contributed by atoms with Gasteiger partial charge >= 0.3 is 0 Å². The lowest BCUT2D eigenvalue weighted by atomic mass is 10.2. The highest BCUT2D eigenvalue weighted by atomic mass is 16.2. The third kappa shape index (κ3) is 11.4. The fraction of sp³-hybridized carbons (Fsp3) is 0.846. The first-order chi connectivity index (χ1) is 8.70. The summed E-state index contributed by atoms with van der Waals surface area (Å²) in [5.41, 5.74) is 0. The van der Waals surface area contributed by atoms with E-state index in [-0.39, 0.29) is 11.8 Å². The summed E-state index contributed by atoms with van der Waals surface area (Å²) in [6, 6.07) is 0. The van der Waals surface area contributed by atoms with Gasteiger partial charge in [-0.2, -0.15) is 0 Å². The zero-order chi connectivity index (χ0) is 13.6. The third-order valence-corrected chi connectivity index (χ3v) is 2.56. The van der Waals surface area contributed by atoms with Crippen LogP contribution in [-0.4, -0.2) is 38.5 Å². The van der Waals surface area contributed by atoms with Crippen molar-refractivity contribution >= 4 is 11.8 Å². The van der Waals surface area contributed by atoms with Gasteiger partial charge in [0, 0.05) is 25.9 Å². The Labute approximate surface area is 110 Å². The fourth-order valence-corrected chi connectivity index (χ4v) is 1.51. The van der Waals surface area contributed by atoms with E-state index in [0.29, 0.717) is 12.8 Å². The monoisotopic (exact) mass is 257 g/mol. The average Bonchev–Trinajstić information content (AvgIpc) is 2.37. The molecule has 0 aliphatic rings. The lowest BCUT2D eigenvalue weighted by molar-refractivity contribution is -0.123. The Hall–Kier alpha value is -1.10. The molecule has 3 N–H and O–H groups in total. The normalized spacial score (nSPS) is 10.1. The SMILES string of the molecule is CCCNC(=O)CCCCC(=O)NCCCNC. The van der Waals surface area contributed by atoms with Gasteiger partial charge in [-0.3, -0.25) is 9.59 Å². The molecular formula is C13H27N3O2. The molecule has 0 saturated heterocycles. The van der Waals surface area contributed by atoms with Crippen LogP contribution in [0.2, 0.25) is 0 Å². The van der Waals surface area contributed by atoms with Gasteiger partial charge in [-0.25, -0.2) is 0 Å². The minimum atomic E-state index is 0.0834. The quantitative estimate of drug-likeness (QED) is 0.479. The van der Waals surface area contributed by atoms with Crippen LogP contribution in [0.1, 0.15) is 45.4 Å². The molecule has 106 valence electrons. The molecule has 2 amide bonds. The van der Waals surface area contributed by atoms with Gasteiger partial charge in [0.1, 0.15) is 0 Å². The third-order valence-electron chi connectivity index (χ3n) is 2.56. The summed E-state index contributed by atoms with van der Waals surface area (Å²) in [5, 5.41) is 8.71. The van der Waals surface area contributed by atoms with Crippen LogP contribution in [-0.2, 0) is 9.59 Å². The van der Waals surface area contributed by atoms with Crippen molar-refractivity contribution < 1.29 is 9.59 Å². The van der Waals surface area contributed by atoms with Crippen LogP contribution >= 0.6 is 0 Å². The summed E-state index contributed by atoms with van der Waals surface area (Å²) in [6.45, 7) is 4.40. The predicted molar refractivity (Wildman–Crippen MR) is 73.3 cm³/mol. The molecule has 0 radical (unpaired) electrons. The van der Waals surface area contributed by atoms with Crippen molar-refractivity contribution in [2.24, 2.45) is 0 Å². The zero-order valence-corrected chi connectivity index (χ0v) is 11.7. The van der Waals surface area contributed by atoms with E-state index in [4.69, 9.17) is 0 Å². The maximum absolute atomic E-state index is 11.4. The summed E-state index contributed by atoms with van der Waals surface area (Å²) in [4.78, 5) is 22.7. The summed E-state index contributed by atoms with van der Waals surface area (Å²) >= 11 is 0. The second-order valence-electron chi connectivity index (χ2n) is 4.36. The van der Waals surface area contributed by atoms with Crippen LogP contribution in [0.3, 0.4) is 0 Å². The highest BCUT2D eigenvalue weighted by Gasteiger charge is 2.03. The van der Waals surface area contributed by atoms with Gasteiger partial charge in [-0.05, 0) is 39.3 Å². The molecule has 0 aromatic heterocycles. The number of nitrogens with one attached hydrogen (secondary N) is 3. The van der Waals surface area contributed by atoms with Crippen molar-refractivity contribution in [1.29, 1.82) is 0 Å². The molecular weight excluding hydrogens is 230 g/mol. The standard InChI is InChI=1S/C13H27N3O2/c1-3-9-15-12(17)7-4-5-8-13(18)16-11-6-10-14-2/h14H,3-11H2,1-2H3,(H,15,17)(H,16,18). The van der Waals surface area contributed by atoms with E-state index < -0.39 is 0 Å². The molecule has 0 heterocycles.